The third-order valence-corrected chi connectivity index (χ3v) is 3.57. The van der Waals surface area contributed by atoms with E-state index in [9.17, 15) is 23.3 Å². The van der Waals surface area contributed by atoms with Gasteiger partial charge in [0.05, 0.1) is 11.2 Å². The van der Waals surface area contributed by atoms with Crippen molar-refractivity contribution >= 4 is 39.1 Å². The number of hydrogen-bond donors (Lipinski definition) is 2. The van der Waals surface area contributed by atoms with Gasteiger partial charge in [-0.05, 0) is 35.9 Å². The van der Waals surface area contributed by atoms with Gasteiger partial charge in [0.2, 0.25) is 15.9 Å². The second kappa shape index (κ2) is 7.58. The number of anilines is 2. The molecule has 9 heteroatoms. The molecule has 0 fully saturated rings. The maximum atomic E-state index is 11.9. The van der Waals surface area contributed by atoms with E-state index >= 15 is 0 Å². The highest BCUT2D eigenvalue weighted by Crippen LogP contribution is 2.16. The Kier molecular flexibility index (Phi) is 5.50. The molecule has 2 aromatic rings. The average Bonchev–Trinajstić information content (AvgIpc) is 2.54. The summed E-state index contributed by atoms with van der Waals surface area (Å²) in [4.78, 5) is 22.1. The summed E-state index contributed by atoms with van der Waals surface area (Å²) in [6.07, 6.45) is 3.76. The second-order valence-corrected chi connectivity index (χ2v) is 6.87. The summed E-state index contributed by atoms with van der Waals surface area (Å²) >= 11 is 0. The van der Waals surface area contributed by atoms with Crippen LogP contribution in [0.1, 0.15) is 5.56 Å². The van der Waals surface area contributed by atoms with Gasteiger partial charge >= 0.3 is 0 Å². The summed E-state index contributed by atoms with van der Waals surface area (Å²) in [7, 11) is -3.36. The summed E-state index contributed by atoms with van der Waals surface area (Å²) in [6, 6.07) is 12.0. The highest BCUT2D eigenvalue weighted by molar-refractivity contribution is 7.92. The number of sulfonamides is 1. The van der Waals surface area contributed by atoms with Crippen molar-refractivity contribution in [3.63, 3.8) is 0 Å². The van der Waals surface area contributed by atoms with Crippen LogP contribution in [0.2, 0.25) is 0 Å². The smallest absolute Gasteiger partial charge is 0.270 e. The first-order valence-corrected chi connectivity index (χ1v) is 8.93. The molecule has 1 amide bonds. The minimum absolute atomic E-state index is 0.0588. The van der Waals surface area contributed by atoms with Crippen LogP contribution in [0, 0.1) is 10.1 Å². The van der Waals surface area contributed by atoms with Crippen LogP contribution in [0.4, 0.5) is 17.1 Å². The van der Waals surface area contributed by atoms with Crippen molar-refractivity contribution in [1.82, 2.24) is 0 Å². The number of hydrogen-bond acceptors (Lipinski definition) is 5. The molecule has 0 unspecified atom stereocenters. The molecule has 0 aliphatic heterocycles. The lowest BCUT2D eigenvalue weighted by atomic mass is 10.2. The van der Waals surface area contributed by atoms with Gasteiger partial charge in [-0.15, -0.1) is 0 Å². The molecule has 2 aromatic carbocycles. The summed E-state index contributed by atoms with van der Waals surface area (Å²) in [5.41, 5.74) is 1.33. The predicted molar refractivity (Wildman–Crippen MR) is 95.7 cm³/mol. The Balaban J connectivity index is 2.00. The molecule has 0 saturated carbocycles. The number of non-ortho nitro benzene ring substituents is 1. The SMILES string of the molecule is CS(=O)(=O)Nc1ccc(NC(=O)/C=C/c2cccc([N+](=O)[O-])c2)cc1. The molecule has 130 valence electrons. The molecule has 0 aromatic heterocycles. The molecule has 0 aliphatic carbocycles. The fraction of sp³-hybridized carbons (Fsp3) is 0.0625. The highest BCUT2D eigenvalue weighted by atomic mass is 32.2. The average molecular weight is 361 g/mol. The fourth-order valence-corrected chi connectivity index (χ4v) is 2.50. The molecule has 0 atom stereocenters. The van der Waals surface area contributed by atoms with E-state index in [1.807, 2.05) is 0 Å². The van der Waals surface area contributed by atoms with Gasteiger partial charge in [0.25, 0.3) is 5.69 Å². The lowest BCUT2D eigenvalue weighted by Gasteiger charge is -2.06. The van der Waals surface area contributed by atoms with Crippen molar-refractivity contribution < 1.29 is 18.1 Å². The van der Waals surface area contributed by atoms with Crippen molar-refractivity contribution in [3.8, 4) is 0 Å². The minimum Gasteiger partial charge on any atom is -0.323 e. The summed E-state index contributed by atoms with van der Waals surface area (Å²) in [6.45, 7) is 0. The largest absolute Gasteiger partial charge is 0.323 e. The van der Waals surface area contributed by atoms with Crippen LogP contribution in [-0.2, 0) is 14.8 Å². The molecule has 0 radical (unpaired) electrons. The number of nitrogens with zero attached hydrogens (tertiary/aromatic N) is 1. The lowest BCUT2D eigenvalue weighted by molar-refractivity contribution is -0.384. The number of benzene rings is 2. The monoisotopic (exact) mass is 361 g/mol. The fourth-order valence-electron chi connectivity index (χ4n) is 1.93. The number of carbonyl (C=O) groups is 1. The Labute approximate surface area is 144 Å². The third kappa shape index (κ3) is 6.07. The van der Waals surface area contributed by atoms with Gasteiger partial charge in [-0.3, -0.25) is 19.6 Å². The normalized spacial score (nSPS) is 11.2. The van der Waals surface area contributed by atoms with Gasteiger partial charge in [0.1, 0.15) is 0 Å². The van der Waals surface area contributed by atoms with E-state index in [4.69, 9.17) is 0 Å². The van der Waals surface area contributed by atoms with Crippen LogP contribution in [0.5, 0.6) is 0 Å². The van der Waals surface area contributed by atoms with E-state index in [1.54, 1.807) is 18.2 Å². The van der Waals surface area contributed by atoms with Gasteiger partial charge in [0, 0.05) is 29.6 Å². The van der Waals surface area contributed by atoms with Crippen molar-refractivity contribution in [3.05, 3.63) is 70.3 Å². The zero-order valence-electron chi connectivity index (χ0n) is 13.2. The van der Waals surface area contributed by atoms with Crippen molar-refractivity contribution in [2.24, 2.45) is 0 Å². The number of rotatable bonds is 6. The van der Waals surface area contributed by atoms with E-state index in [-0.39, 0.29) is 5.69 Å². The maximum Gasteiger partial charge on any atom is 0.270 e. The van der Waals surface area contributed by atoms with E-state index in [0.29, 0.717) is 16.9 Å². The molecule has 0 heterocycles. The molecule has 0 saturated heterocycles. The van der Waals surface area contributed by atoms with Crippen LogP contribution >= 0.6 is 0 Å². The first kappa shape index (κ1) is 18.1. The molecule has 0 bridgehead atoms. The number of carbonyl (C=O) groups excluding carboxylic acids is 1. The summed E-state index contributed by atoms with van der Waals surface area (Å²) < 4.78 is 24.5. The zero-order chi connectivity index (χ0) is 18.4. The van der Waals surface area contributed by atoms with Gasteiger partial charge in [-0.1, -0.05) is 12.1 Å². The molecule has 0 spiro atoms. The summed E-state index contributed by atoms with van der Waals surface area (Å²) in [5, 5.41) is 13.3. The van der Waals surface area contributed by atoms with Crippen molar-refractivity contribution in [2.75, 3.05) is 16.3 Å². The first-order chi connectivity index (χ1) is 11.7. The number of nitrogens with one attached hydrogen (secondary N) is 2. The van der Waals surface area contributed by atoms with E-state index < -0.39 is 20.9 Å². The van der Waals surface area contributed by atoms with Gasteiger partial charge in [0.15, 0.2) is 0 Å². The molecular weight excluding hydrogens is 346 g/mol. The van der Waals surface area contributed by atoms with Crippen LogP contribution in [-0.4, -0.2) is 25.5 Å². The predicted octanol–water partition coefficient (Wildman–Crippen LogP) is 2.62. The van der Waals surface area contributed by atoms with Gasteiger partial charge in [-0.2, -0.15) is 0 Å². The molecular formula is C16H15N3O5S. The Morgan fingerprint density at radius 1 is 1.12 bits per heavy atom. The number of nitro benzene ring substituents is 1. The van der Waals surface area contributed by atoms with Crippen molar-refractivity contribution in [1.29, 1.82) is 0 Å². The zero-order valence-corrected chi connectivity index (χ0v) is 14.0. The third-order valence-electron chi connectivity index (χ3n) is 2.96. The molecule has 2 rings (SSSR count). The van der Waals surface area contributed by atoms with Crippen LogP contribution in [0.3, 0.4) is 0 Å². The topological polar surface area (TPSA) is 118 Å². The second-order valence-electron chi connectivity index (χ2n) is 5.13. The Bertz CT molecular complexity index is 921. The van der Waals surface area contributed by atoms with Gasteiger partial charge in [-0.25, -0.2) is 8.42 Å². The quantitative estimate of drug-likeness (QED) is 0.466. The van der Waals surface area contributed by atoms with Crippen molar-refractivity contribution in [2.45, 2.75) is 0 Å². The van der Waals surface area contributed by atoms with Crippen LogP contribution in [0.25, 0.3) is 6.08 Å². The molecule has 8 nitrogen and oxygen atoms in total. The van der Waals surface area contributed by atoms with E-state index in [0.717, 1.165) is 6.26 Å². The number of amides is 1. The Morgan fingerprint density at radius 2 is 1.76 bits per heavy atom. The number of nitro groups is 1. The first-order valence-electron chi connectivity index (χ1n) is 7.04. The molecule has 0 aliphatic rings. The molecule has 25 heavy (non-hydrogen) atoms. The maximum absolute atomic E-state index is 11.9. The Hall–Kier alpha value is -3.20. The highest BCUT2D eigenvalue weighted by Gasteiger charge is 2.05. The van der Waals surface area contributed by atoms with Gasteiger partial charge < -0.3 is 5.32 Å². The minimum atomic E-state index is -3.36. The van der Waals surface area contributed by atoms with E-state index in [1.165, 1.54) is 42.5 Å². The van der Waals surface area contributed by atoms with Crippen LogP contribution < -0.4 is 10.0 Å². The standard InChI is InChI=1S/C16H15N3O5S/c1-25(23,24)18-14-8-6-13(7-9-14)17-16(20)10-5-12-3-2-4-15(11-12)19(21)22/h2-11,18H,1H3,(H,17,20)/b10-5+. The molecule has 2 N–H and O–H groups in total. The lowest BCUT2D eigenvalue weighted by Crippen LogP contribution is -2.10. The summed E-state index contributed by atoms with van der Waals surface area (Å²) in [5.74, 6) is -0.421. The Morgan fingerprint density at radius 3 is 2.36 bits per heavy atom. The van der Waals surface area contributed by atoms with Crippen LogP contribution in [0.15, 0.2) is 54.6 Å². The van der Waals surface area contributed by atoms with E-state index in [2.05, 4.69) is 10.0 Å².